The van der Waals surface area contributed by atoms with Crippen LogP contribution in [0.4, 0.5) is 0 Å². The van der Waals surface area contributed by atoms with Gasteiger partial charge in [-0.05, 0) is 55.8 Å². The van der Waals surface area contributed by atoms with E-state index in [0.29, 0.717) is 0 Å². The molecule has 16 heavy (non-hydrogen) atoms. The minimum absolute atomic E-state index is 0.910. The van der Waals surface area contributed by atoms with Crippen molar-refractivity contribution in [3.63, 3.8) is 0 Å². The minimum atomic E-state index is 0.910. The van der Waals surface area contributed by atoms with Crippen LogP contribution in [0.5, 0.6) is 0 Å². The van der Waals surface area contributed by atoms with Crippen molar-refractivity contribution in [2.45, 2.75) is 59.8 Å². The zero-order valence-corrected chi connectivity index (χ0v) is 11.5. The van der Waals surface area contributed by atoms with Crippen LogP contribution in [0, 0.1) is 29.6 Å². The van der Waals surface area contributed by atoms with Gasteiger partial charge < -0.3 is 0 Å². The van der Waals surface area contributed by atoms with Gasteiger partial charge in [0.15, 0.2) is 0 Å². The molecule has 2 aliphatic carbocycles. The van der Waals surface area contributed by atoms with Gasteiger partial charge in [-0.15, -0.1) is 0 Å². The normalized spacial score (nSPS) is 41.1. The van der Waals surface area contributed by atoms with Crippen LogP contribution < -0.4 is 0 Å². The van der Waals surface area contributed by atoms with Crippen LogP contribution >= 0.6 is 0 Å². The van der Waals surface area contributed by atoms with Crippen molar-refractivity contribution in [2.24, 2.45) is 29.6 Å². The maximum Gasteiger partial charge on any atom is -0.0169 e. The third kappa shape index (κ3) is 2.21. The summed E-state index contributed by atoms with van der Waals surface area (Å²) in [6.07, 6.45) is 9.76. The average Bonchev–Trinajstić information content (AvgIpc) is 2.28. The largest absolute Gasteiger partial charge is 0.0819 e. The molecule has 0 heteroatoms. The minimum Gasteiger partial charge on any atom is -0.0819 e. The van der Waals surface area contributed by atoms with Gasteiger partial charge in [0.05, 0.1) is 0 Å². The molecule has 5 atom stereocenters. The summed E-state index contributed by atoms with van der Waals surface area (Å²) >= 11 is 0. The van der Waals surface area contributed by atoms with Crippen molar-refractivity contribution in [2.75, 3.05) is 0 Å². The molecule has 0 radical (unpaired) electrons. The zero-order valence-electron chi connectivity index (χ0n) is 11.5. The Morgan fingerprint density at radius 2 is 2.06 bits per heavy atom. The van der Waals surface area contributed by atoms with Crippen molar-refractivity contribution >= 4 is 0 Å². The molecular formula is C16H28. The van der Waals surface area contributed by atoms with E-state index in [4.69, 9.17) is 0 Å². The highest BCUT2D eigenvalue weighted by atomic mass is 14.4. The molecule has 0 heterocycles. The second kappa shape index (κ2) is 4.94. The van der Waals surface area contributed by atoms with Gasteiger partial charge in [-0.25, -0.2) is 0 Å². The summed E-state index contributed by atoms with van der Waals surface area (Å²) in [5.41, 5.74) is 1.66. The topological polar surface area (TPSA) is 0 Å². The van der Waals surface area contributed by atoms with E-state index in [1.54, 1.807) is 5.57 Å². The third-order valence-electron chi connectivity index (χ3n) is 5.40. The molecule has 0 aromatic carbocycles. The lowest BCUT2D eigenvalue weighted by atomic mass is 9.60. The van der Waals surface area contributed by atoms with Gasteiger partial charge in [0.2, 0.25) is 0 Å². The molecule has 2 rings (SSSR count). The number of hydrogen-bond acceptors (Lipinski definition) is 0. The third-order valence-corrected chi connectivity index (χ3v) is 5.40. The van der Waals surface area contributed by atoms with E-state index < -0.39 is 0 Å². The van der Waals surface area contributed by atoms with Gasteiger partial charge in [-0.2, -0.15) is 0 Å². The first kappa shape index (κ1) is 12.2. The summed E-state index contributed by atoms with van der Waals surface area (Å²) in [6.45, 7) is 9.65. The molecule has 0 saturated heterocycles. The highest BCUT2D eigenvalue weighted by molar-refractivity contribution is 5.11. The van der Waals surface area contributed by atoms with Crippen LogP contribution in [0.15, 0.2) is 11.6 Å². The Balaban J connectivity index is 2.18. The Morgan fingerprint density at radius 3 is 2.75 bits per heavy atom. The van der Waals surface area contributed by atoms with Gasteiger partial charge in [0, 0.05) is 0 Å². The summed E-state index contributed by atoms with van der Waals surface area (Å²) in [4.78, 5) is 0. The van der Waals surface area contributed by atoms with Crippen LogP contribution in [-0.4, -0.2) is 0 Å². The molecule has 0 N–H and O–H groups in total. The van der Waals surface area contributed by atoms with E-state index in [1.165, 1.54) is 32.1 Å². The monoisotopic (exact) mass is 220 g/mol. The van der Waals surface area contributed by atoms with Crippen LogP contribution in [-0.2, 0) is 0 Å². The van der Waals surface area contributed by atoms with E-state index >= 15 is 0 Å². The summed E-state index contributed by atoms with van der Waals surface area (Å²) < 4.78 is 0. The van der Waals surface area contributed by atoms with Gasteiger partial charge in [-0.3, -0.25) is 0 Å². The molecule has 5 unspecified atom stereocenters. The first-order valence-electron chi connectivity index (χ1n) is 7.30. The molecule has 1 saturated carbocycles. The first-order chi connectivity index (χ1) is 7.63. The van der Waals surface area contributed by atoms with Crippen molar-refractivity contribution in [1.29, 1.82) is 0 Å². The maximum absolute atomic E-state index is 2.64. The van der Waals surface area contributed by atoms with Gasteiger partial charge in [0.1, 0.15) is 0 Å². The number of rotatable bonds is 2. The predicted octanol–water partition coefficient (Wildman–Crippen LogP) is 5.05. The van der Waals surface area contributed by atoms with Crippen LogP contribution in [0.25, 0.3) is 0 Å². The molecule has 2 aliphatic rings. The average molecular weight is 220 g/mol. The second-order valence-electron chi connectivity index (χ2n) is 6.40. The Morgan fingerprint density at radius 1 is 1.31 bits per heavy atom. The quantitative estimate of drug-likeness (QED) is 0.571. The van der Waals surface area contributed by atoms with E-state index in [2.05, 4.69) is 33.8 Å². The van der Waals surface area contributed by atoms with Gasteiger partial charge >= 0.3 is 0 Å². The van der Waals surface area contributed by atoms with Crippen molar-refractivity contribution < 1.29 is 0 Å². The van der Waals surface area contributed by atoms with E-state index in [-0.39, 0.29) is 0 Å². The highest BCUT2D eigenvalue weighted by Gasteiger charge is 2.39. The molecule has 0 bridgehead atoms. The molecule has 0 aromatic rings. The van der Waals surface area contributed by atoms with Crippen LogP contribution in [0.2, 0.25) is 0 Å². The second-order valence-corrected chi connectivity index (χ2v) is 6.40. The predicted molar refractivity (Wildman–Crippen MR) is 71.3 cm³/mol. The molecule has 0 amide bonds. The lowest BCUT2D eigenvalue weighted by molar-refractivity contribution is 0.0817. The molecular weight excluding hydrogens is 192 g/mol. The van der Waals surface area contributed by atoms with Crippen LogP contribution in [0.3, 0.4) is 0 Å². The van der Waals surface area contributed by atoms with E-state index in [9.17, 15) is 0 Å². The fraction of sp³-hybridized carbons (Fsp3) is 0.875. The van der Waals surface area contributed by atoms with Crippen molar-refractivity contribution in [3.05, 3.63) is 11.6 Å². The maximum atomic E-state index is 2.64. The smallest absolute Gasteiger partial charge is 0.0169 e. The zero-order chi connectivity index (χ0) is 11.7. The molecule has 1 fully saturated rings. The Bertz CT molecular complexity index is 263. The Hall–Kier alpha value is -0.260. The Kier molecular flexibility index (Phi) is 3.77. The summed E-state index contributed by atoms with van der Waals surface area (Å²) in [7, 11) is 0. The molecule has 0 aliphatic heterocycles. The van der Waals surface area contributed by atoms with Gasteiger partial charge in [0.25, 0.3) is 0 Å². The number of allylic oxidation sites excluding steroid dienone is 2. The van der Waals surface area contributed by atoms with Crippen LogP contribution in [0.1, 0.15) is 59.8 Å². The summed E-state index contributed by atoms with van der Waals surface area (Å²) in [6, 6.07) is 0. The van der Waals surface area contributed by atoms with Crippen molar-refractivity contribution in [1.82, 2.24) is 0 Å². The first-order valence-corrected chi connectivity index (χ1v) is 7.30. The lowest BCUT2D eigenvalue weighted by Gasteiger charge is -2.45. The molecule has 0 nitrogen and oxygen atoms in total. The molecule has 92 valence electrons. The molecule has 0 aromatic heterocycles. The summed E-state index contributed by atoms with van der Waals surface area (Å²) in [5.74, 6) is 4.77. The molecule has 0 spiro atoms. The standard InChI is InChI=1S/C16H28/c1-5-12(3)14-9-7-13(4)15-8-6-11(2)10-16(14)15/h10,12-16H,5-9H2,1-4H3. The lowest BCUT2D eigenvalue weighted by Crippen LogP contribution is -2.37. The Labute approximate surface area is 102 Å². The van der Waals surface area contributed by atoms with E-state index in [0.717, 1.165) is 29.6 Å². The number of hydrogen-bond donors (Lipinski definition) is 0. The SMILES string of the molecule is CCC(C)C1CCC(C)C2CCC(C)=CC12. The van der Waals surface area contributed by atoms with Gasteiger partial charge in [-0.1, -0.05) is 45.3 Å². The van der Waals surface area contributed by atoms with Crippen molar-refractivity contribution in [3.8, 4) is 0 Å². The fourth-order valence-corrected chi connectivity index (χ4v) is 4.06. The number of fused-ring (bicyclic) bond motifs is 1. The van der Waals surface area contributed by atoms with E-state index in [1.807, 2.05) is 0 Å². The highest BCUT2D eigenvalue weighted by Crippen LogP contribution is 2.48. The summed E-state index contributed by atoms with van der Waals surface area (Å²) in [5, 5.41) is 0. The fourth-order valence-electron chi connectivity index (χ4n) is 4.06.